The predicted molar refractivity (Wildman–Crippen MR) is 46.1 cm³/mol. The van der Waals surface area contributed by atoms with Gasteiger partial charge in [-0.3, -0.25) is 4.79 Å². The number of phenols is 1. The van der Waals surface area contributed by atoms with Crippen molar-refractivity contribution < 1.29 is 19.7 Å². The standard InChI is InChI=1S/C9H10O4/c1-13-9-3-2-6(4-7(9)11)8(12)5-10/h2-4,10-11H,5H2,1H3. The number of benzene rings is 1. The van der Waals surface area contributed by atoms with E-state index in [2.05, 4.69) is 0 Å². The number of phenolic OH excluding ortho intramolecular Hbond substituents is 1. The number of aliphatic hydroxyl groups is 1. The minimum Gasteiger partial charge on any atom is -0.504 e. The molecule has 70 valence electrons. The molecule has 0 aliphatic rings. The maximum atomic E-state index is 11.0. The number of ketones is 1. The molecule has 0 atom stereocenters. The molecule has 4 nitrogen and oxygen atoms in total. The zero-order valence-corrected chi connectivity index (χ0v) is 7.15. The van der Waals surface area contributed by atoms with Gasteiger partial charge in [-0.05, 0) is 18.2 Å². The van der Waals surface area contributed by atoms with Crippen molar-refractivity contribution >= 4 is 5.78 Å². The summed E-state index contributed by atoms with van der Waals surface area (Å²) in [5, 5.41) is 17.8. The van der Waals surface area contributed by atoms with Gasteiger partial charge >= 0.3 is 0 Å². The second kappa shape index (κ2) is 3.91. The molecule has 0 aliphatic heterocycles. The van der Waals surface area contributed by atoms with E-state index in [4.69, 9.17) is 9.84 Å². The van der Waals surface area contributed by atoms with Crippen molar-refractivity contribution in [1.29, 1.82) is 0 Å². The van der Waals surface area contributed by atoms with Crippen LogP contribution in [0.15, 0.2) is 18.2 Å². The van der Waals surface area contributed by atoms with Crippen LogP contribution in [-0.4, -0.2) is 29.7 Å². The first-order valence-corrected chi connectivity index (χ1v) is 3.70. The number of hydrogen-bond acceptors (Lipinski definition) is 4. The molecule has 0 aromatic heterocycles. The highest BCUT2D eigenvalue weighted by Crippen LogP contribution is 2.26. The van der Waals surface area contributed by atoms with Gasteiger partial charge in [0.1, 0.15) is 6.61 Å². The maximum Gasteiger partial charge on any atom is 0.188 e. The average molecular weight is 182 g/mol. The molecule has 0 saturated heterocycles. The predicted octanol–water partition coefficient (Wildman–Crippen LogP) is 0.576. The summed E-state index contributed by atoms with van der Waals surface area (Å²) in [7, 11) is 1.42. The van der Waals surface area contributed by atoms with E-state index < -0.39 is 12.4 Å². The fraction of sp³-hybridized carbons (Fsp3) is 0.222. The van der Waals surface area contributed by atoms with Gasteiger partial charge in [-0.1, -0.05) is 0 Å². The molecule has 0 spiro atoms. The fourth-order valence-corrected chi connectivity index (χ4v) is 0.955. The van der Waals surface area contributed by atoms with Gasteiger partial charge in [0, 0.05) is 5.56 Å². The van der Waals surface area contributed by atoms with Crippen LogP contribution in [-0.2, 0) is 0 Å². The summed E-state index contributed by atoms with van der Waals surface area (Å²) in [5.41, 5.74) is 0.265. The summed E-state index contributed by atoms with van der Waals surface area (Å²) in [6.45, 7) is -0.564. The second-order valence-electron chi connectivity index (χ2n) is 2.47. The van der Waals surface area contributed by atoms with Crippen molar-refractivity contribution in [2.24, 2.45) is 0 Å². The lowest BCUT2D eigenvalue weighted by Gasteiger charge is -2.03. The van der Waals surface area contributed by atoms with Crippen LogP contribution in [0.1, 0.15) is 10.4 Å². The Hall–Kier alpha value is -1.55. The van der Waals surface area contributed by atoms with Gasteiger partial charge in [-0.15, -0.1) is 0 Å². The Morgan fingerprint density at radius 3 is 2.69 bits per heavy atom. The molecule has 0 aliphatic carbocycles. The molecule has 0 amide bonds. The molecule has 4 heteroatoms. The summed E-state index contributed by atoms with van der Waals surface area (Å²) in [6.07, 6.45) is 0. The Balaban J connectivity index is 3.02. The first-order valence-electron chi connectivity index (χ1n) is 3.70. The molecule has 0 fully saturated rings. The SMILES string of the molecule is COc1ccc(C(=O)CO)cc1O. The molecule has 2 N–H and O–H groups in total. The van der Waals surface area contributed by atoms with Crippen molar-refractivity contribution in [3.63, 3.8) is 0 Å². The minimum atomic E-state index is -0.564. The van der Waals surface area contributed by atoms with E-state index in [-0.39, 0.29) is 11.3 Å². The second-order valence-corrected chi connectivity index (χ2v) is 2.47. The smallest absolute Gasteiger partial charge is 0.188 e. The zero-order chi connectivity index (χ0) is 9.84. The Kier molecular flexibility index (Phi) is 2.87. The van der Waals surface area contributed by atoms with Crippen LogP contribution in [0.5, 0.6) is 11.5 Å². The van der Waals surface area contributed by atoms with Gasteiger partial charge < -0.3 is 14.9 Å². The molecule has 1 rings (SSSR count). The molecule has 13 heavy (non-hydrogen) atoms. The largest absolute Gasteiger partial charge is 0.504 e. The average Bonchev–Trinajstić information content (AvgIpc) is 2.16. The van der Waals surface area contributed by atoms with Crippen LogP contribution in [0.4, 0.5) is 0 Å². The Bertz CT molecular complexity index is 319. The van der Waals surface area contributed by atoms with E-state index in [1.54, 1.807) is 0 Å². The normalized spacial score (nSPS) is 9.69. The van der Waals surface area contributed by atoms with Gasteiger partial charge in [0.25, 0.3) is 0 Å². The number of Topliss-reactive ketones (excluding diaryl/α,β-unsaturated/α-hetero) is 1. The third-order valence-corrected chi connectivity index (χ3v) is 1.64. The third-order valence-electron chi connectivity index (χ3n) is 1.64. The van der Waals surface area contributed by atoms with E-state index in [0.717, 1.165) is 0 Å². The van der Waals surface area contributed by atoms with Gasteiger partial charge in [0.05, 0.1) is 7.11 Å². The van der Waals surface area contributed by atoms with E-state index in [1.165, 1.54) is 25.3 Å². The van der Waals surface area contributed by atoms with Crippen molar-refractivity contribution in [2.45, 2.75) is 0 Å². The quantitative estimate of drug-likeness (QED) is 0.671. The Morgan fingerprint density at radius 2 is 2.23 bits per heavy atom. The third kappa shape index (κ3) is 1.97. The lowest BCUT2D eigenvalue weighted by molar-refractivity contribution is 0.0903. The van der Waals surface area contributed by atoms with Crippen LogP contribution < -0.4 is 4.74 Å². The molecule has 1 aromatic carbocycles. The highest BCUT2D eigenvalue weighted by molar-refractivity contribution is 5.97. The molecule has 1 aromatic rings. The minimum absolute atomic E-state index is 0.109. The van der Waals surface area contributed by atoms with E-state index >= 15 is 0 Å². The molecular formula is C9H10O4. The van der Waals surface area contributed by atoms with Crippen LogP contribution in [0.25, 0.3) is 0 Å². The number of aliphatic hydroxyl groups excluding tert-OH is 1. The first kappa shape index (κ1) is 9.54. The number of ether oxygens (including phenoxy) is 1. The summed E-state index contributed by atoms with van der Waals surface area (Å²) in [4.78, 5) is 11.0. The van der Waals surface area contributed by atoms with Crippen molar-refractivity contribution in [2.75, 3.05) is 13.7 Å². The van der Waals surface area contributed by atoms with E-state index in [1.807, 2.05) is 0 Å². The number of aromatic hydroxyl groups is 1. The summed E-state index contributed by atoms with van der Waals surface area (Å²) < 4.78 is 4.79. The van der Waals surface area contributed by atoms with Crippen molar-refractivity contribution in [1.82, 2.24) is 0 Å². The Labute approximate surface area is 75.4 Å². The Morgan fingerprint density at radius 1 is 1.54 bits per heavy atom. The van der Waals surface area contributed by atoms with Gasteiger partial charge in [0.15, 0.2) is 17.3 Å². The van der Waals surface area contributed by atoms with Crippen LogP contribution in [0, 0.1) is 0 Å². The number of carbonyl (C=O) groups is 1. The summed E-state index contributed by atoms with van der Waals surface area (Å²) in [5.74, 6) is -0.241. The highest BCUT2D eigenvalue weighted by atomic mass is 16.5. The molecule has 0 saturated carbocycles. The lowest BCUT2D eigenvalue weighted by atomic mass is 10.1. The summed E-state index contributed by atoms with van der Waals surface area (Å²) in [6, 6.07) is 4.22. The molecule has 0 heterocycles. The van der Waals surface area contributed by atoms with Gasteiger partial charge in [0.2, 0.25) is 0 Å². The highest BCUT2D eigenvalue weighted by Gasteiger charge is 2.07. The number of methoxy groups -OCH3 is 1. The van der Waals surface area contributed by atoms with Crippen molar-refractivity contribution in [3.8, 4) is 11.5 Å². The monoisotopic (exact) mass is 182 g/mol. The molecule has 0 bridgehead atoms. The van der Waals surface area contributed by atoms with Crippen LogP contribution in [0.2, 0.25) is 0 Å². The van der Waals surface area contributed by atoms with E-state index in [0.29, 0.717) is 5.75 Å². The van der Waals surface area contributed by atoms with Crippen LogP contribution in [0.3, 0.4) is 0 Å². The van der Waals surface area contributed by atoms with Crippen molar-refractivity contribution in [3.05, 3.63) is 23.8 Å². The van der Waals surface area contributed by atoms with E-state index in [9.17, 15) is 9.90 Å². The molecule has 0 radical (unpaired) electrons. The first-order chi connectivity index (χ1) is 6.19. The zero-order valence-electron chi connectivity index (χ0n) is 7.15. The van der Waals surface area contributed by atoms with Crippen LogP contribution >= 0.6 is 0 Å². The van der Waals surface area contributed by atoms with Gasteiger partial charge in [-0.25, -0.2) is 0 Å². The maximum absolute atomic E-state index is 11.0. The lowest BCUT2D eigenvalue weighted by Crippen LogP contribution is -2.03. The topological polar surface area (TPSA) is 66.8 Å². The summed E-state index contributed by atoms with van der Waals surface area (Å²) >= 11 is 0. The fourth-order valence-electron chi connectivity index (χ4n) is 0.955. The number of hydrogen-bond donors (Lipinski definition) is 2. The molecular weight excluding hydrogens is 172 g/mol. The molecule has 0 unspecified atom stereocenters. The number of carbonyl (C=O) groups excluding carboxylic acids is 1. The number of rotatable bonds is 3. The van der Waals surface area contributed by atoms with Gasteiger partial charge in [-0.2, -0.15) is 0 Å².